The monoisotopic (exact) mass is 296 g/mol. The minimum atomic E-state index is -0.115. The molecule has 0 aromatic carbocycles. The molecule has 2 atom stereocenters. The molecule has 5 heteroatoms. The highest BCUT2D eigenvalue weighted by molar-refractivity contribution is 5.67. The van der Waals surface area contributed by atoms with Crippen LogP contribution >= 0.6 is 0 Å². The molecule has 0 saturated carbocycles. The minimum Gasteiger partial charge on any atom is -0.449 e. The van der Waals surface area contributed by atoms with Gasteiger partial charge in [0.15, 0.2) is 0 Å². The number of amides is 1. The van der Waals surface area contributed by atoms with E-state index >= 15 is 0 Å². The quantitative estimate of drug-likeness (QED) is 0.729. The van der Waals surface area contributed by atoms with E-state index in [1.165, 1.54) is 13.0 Å². The van der Waals surface area contributed by atoms with Crippen molar-refractivity contribution in [2.75, 3.05) is 39.5 Å². The van der Waals surface area contributed by atoms with Gasteiger partial charge in [0.25, 0.3) is 0 Å². The molecule has 2 bridgehead atoms. The van der Waals surface area contributed by atoms with Crippen molar-refractivity contribution in [3.63, 3.8) is 0 Å². The maximum Gasteiger partial charge on any atom is 0.409 e. The van der Waals surface area contributed by atoms with Gasteiger partial charge in [-0.1, -0.05) is 13.3 Å². The number of hydrogen-bond donors (Lipinski definition) is 0. The molecule has 3 fully saturated rings. The van der Waals surface area contributed by atoms with E-state index in [4.69, 9.17) is 9.47 Å². The lowest BCUT2D eigenvalue weighted by Gasteiger charge is -2.53. The number of carbonyl (C=O) groups is 1. The zero-order valence-corrected chi connectivity index (χ0v) is 13.1. The van der Waals surface area contributed by atoms with E-state index in [9.17, 15) is 4.79 Å². The first-order valence-corrected chi connectivity index (χ1v) is 8.53. The molecular weight excluding hydrogens is 268 g/mol. The highest BCUT2D eigenvalue weighted by Gasteiger charge is 2.43. The third kappa shape index (κ3) is 3.51. The van der Waals surface area contributed by atoms with Gasteiger partial charge in [-0.15, -0.1) is 0 Å². The summed E-state index contributed by atoms with van der Waals surface area (Å²) in [5, 5.41) is 0. The summed E-state index contributed by atoms with van der Waals surface area (Å²) in [5.74, 6) is 0.730. The van der Waals surface area contributed by atoms with Gasteiger partial charge in [-0.05, 0) is 31.6 Å². The van der Waals surface area contributed by atoms with Crippen LogP contribution in [0.3, 0.4) is 0 Å². The molecule has 2 unspecified atom stereocenters. The lowest BCUT2D eigenvalue weighted by atomic mass is 9.87. The summed E-state index contributed by atoms with van der Waals surface area (Å²) in [5.41, 5.74) is 0. The topological polar surface area (TPSA) is 42.0 Å². The van der Waals surface area contributed by atoms with Crippen LogP contribution in [0.15, 0.2) is 0 Å². The second-order valence-electron chi connectivity index (χ2n) is 6.68. The van der Waals surface area contributed by atoms with Crippen molar-refractivity contribution in [2.24, 2.45) is 5.92 Å². The Morgan fingerprint density at radius 2 is 1.95 bits per heavy atom. The molecule has 0 spiro atoms. The molecule has 0 aliphatic carbocycles. The number of unbranched alkanes of at least 4 members (excludes halogenated alkanes) is 1. The standard InChI is InChI=1S/C16H28N2O3/c1-2-3-8-21-16(19)17-6-4-13(5-7-17)10-18-14-9-15(18)12-20-11-14/h13-15H,2-12H2,1H3. The van der Waals surface area contributed by atoms with E-state index < -0.39 is 0 Å². The molecule has 3 saturated heterocycles. The fourth-order valence-electron chi connectivity index (χ4n) is 3.70. The Balaban J connectivity index is 1.36. The van der Waals surface area contributed by atoms with Crippen LogP contribution in [0.2, 0.25) is 0 Å². The van der Waals surface area contributed by atoms with Crippen molar-refractivity contribution < 1.29 is 14.3 Å². The fraction of sp³-hybridized carbons (Fsp3) is 0.938. The molecule has 5 nitrogen and oxygen atoms in total. The number of fused-ring (bicyclic) bond motifs is 2. The van der Waals surface area contributed by atoms with E-state index in [1.807, 2.05) is 4.90 Å². The zero-order valence-electron chi connectivity index (χ0n) is 13.1. The average Bonchev–Trinajstić information content (AvgIpc) is 2.54. The number of rotatable bonds is 5. The van der Waals surface area contributed by atoms with Gasteiger partial charge >= 0.3 is 6.09 Å². The van der Waals surface area contributed by atoms with Crippen LogP contribution in [0.25, 0.3) is 0 Å². The third-order valence-corrected chi connectivity index (χ3v) is 5.17. The number of piperidine rings is 1. The van der Waals surface area contributed by atoms with Crippen molar-refractivity contribution in [3.8, 4) is 0 Å². The Morgan fingerprint density at radius 1 is 1.24 bits per heavy atom. The van der Waals surface area contributed by atoms with Crippen LogP contribution in [-0.4, -0.2) is 67.4 Å². The highest BCUT2D eigenvalue weighted by Crippen LogP contribution is 2.33. The van der Waals surface area contributed by atoms with Gasteiger partial charge in [-0.2, -0.15) is 0 Å². The molecule has 0 radical (unpaired) electrons. The van der Waals surface area contributed by atoms with E-state index in [2.05, 4.69) is 11.8 Å². The average molecular weight is 296 g/mol. The Morgan fingerprint density at radius 3 is 2.57 bits per heavy atom. The summed E-state index contributed by atoms with van der Waals surface area (Å²) in [4.78, 5) is 16.4. The second kappa shape index (κ2) is 6.97. The lowest BCUT2D eigenvalue weighted by molar-refractivity contribution is -0.134. The molecule has 21 heavy (non-hydrogen) atoms. The summed E-state index contributed by atoms with van der Waals surface area (Å²) >= 11 is 0. The van der Waals surface area contributed by atoms with Crippen LogP contribution in [-0.2, 0) is 9.47 Å². The smallest absolute Gasteiger partial charge is 0.409 e. The van der Waals surface area contributed by atoms with Crippen LogP contribution in [0, 0.1) is 5.92 Å². The van der Waals surface area contributed by atoms with Crippen LogP contribution < -0.4 is 0 Å². The second-order valence-corrected chi connectivity index (χ2v) is 6.68. The summed E-state index contributed by atoms with van der Waals surface area (Å²) in [6.45, 7) is 7.40. The van der Waals surface area contributed by atoms with Gasteiger partial charge in [-0.25, -0.2) is 4.79 Å². The van der Waals surface area contributed by atoms with Crippen molar-refractivity contribution in [1.29, 1.82) is 0 Å². The van der Waals surface area contributed by atoms with Crippen LogP contribution in [0.5, 0.6) is 0 Å². The molecule has 0 N–H and O–H groups in total. The number of hydrogen-bond acceptors (Lipinski definition) is 4. The van der Waals surface area contributed by atoms with Crippen molar-refractivity contribution in [2.45, 2.75) is 51.1 Å². The molecule has 0 aromatic heterocycles. The number of carbonyl (C=O) groups excluding carboxylic acids is 1. The number of likely N-dealkylation sites (tertiary alicyclic amines) is 1. The summed E-state index contributed by atoms with van der Waals surface area (Å²) in [6, 6.07) is 1.33. The third-order valence-electron chi connectivity index (χ3n) is 5.17. The maximum atomic E-state index is 11.9. The van der Waals surface area contributed by atoms with Gasteiger partial charge in [0, 0.05) is 31.7 Å². The van der Waals surface area contributed by atoms with Gasteiger partial charge in [-0.3, -0.25) is 4.90 Å². The SMILES string of the molecule is CCCCOC(=O)N1CCC(CN2C3COCC2C3)CC1. The molecule has 3 aliphatic heterocycles. The number of nitrogens with zero attached hydrogens (tertiary/aromatic N) is 2. The molecule has 1 amide bonds. The molecule has 120 valence electrons. The predicted octanol–water partition coefficient (Wildman–Crippen LogP) is 2.11. The van der Waals surface area contributed by atoms with E-state index in [1.54, 1.807) is 0 Å². The first-order valence-electron chi connectivity index (χ1n) is 8.53. The van der Waals surface area contributed by atoms with Gasteiger partial charge in [0.2, 0.25) is 0 Å². The summed E-state index contributed by atoms with van der Waals surface area (Å²) < 4.78 is 10.8. The van der Waals surface area contributed by atoms with Crippen LogP contribution in [0.4, 0.5) is 4.79 Å². The predicted molar refractivity (Wildman–Crippen MR) is 80.3 cm³/mol. The summed E-state index contributed by atoms with van der Waals surface area (Å²) in [6.07, 6.45) is 5.46. The molecule has 3 heterocycles. The molecule has 3 aliphatic rings. The first-order chi connectivity index (χ1) is 10.3. The van der Waals surface area contributed by atoms with Gasteiger partial charge in [0.1, 0.15) is 0 Å². The first kappa shape index (κ1) is 15.1. The molecule has 3 rings (SSSR count). The Bertz CT molecular complexity index is 341. The van der Waals surface area contributed by atoms with Gasteiger partial charge in [0.05, 0.1) is 19.8 Å². The Labute approximate surface area is 127 Å². The fourth-order valence-corrected chi connectivity index (χ4v) is 3.70. The maximum absolute atomic E-state index is 11.9. The molecular formula is C16H28N2O3. The van der Waals surface area contributed by atoms with Crippen molar-refractivity contribution in [1.82, 2.24) is 9.80 Å². The lowest BCUT2D eigenvalue weighted by Crippen LogP contribution is -2.64. The van der Waals surface area contributed by atoms with E-state index in [0.29, 0.717) is 18.7 Å². The van der Waals surface area contributed by atoms with Crippen molar-refractivity contribution in [3.05, 3.63) is 0 Å². The van der Waals surface area contributed by atoms with E-state index in [-0.39, 0.29) is 6.09 Å². The minimum absolute atomic E-state index is 0.115. The number of morpholine rings is 1. The largest absolute Gasteiger partial charge is 0.449 e. The highest BCUT2D eigenvalue weighted by atomic mass is 16.6. The normalized spacial score (nSPS) is 30.0. The number of ether oxygens (including phenoxy) is 2. The Hall–Kier alpha value is -0.810. The Kier molecular flexibility index (Phi) is 5.01. The van der Waals surface area contributed by atoms with Gasteiger partial charge < -0.3 is 14.4 Å². The molecule has 0 aromatic rings. The van der Waals surface area contributed by atoms with Crippen LogP contribution in [0.1, 0.15) is 39.0 Å². The van der Waals surface area contributed by atoms with E-state index in [0.717, 1.165) is 57.9 Å². The summed E-state index contributed by atoms with van der Waals surface area (Å²) in [7, 11) is 0. The van der Waals surface area contributed by atoms with Crippen molar-refractivity contribution >= 4 is 6.09 Å². The zero-order chi connectivity index (χ0) is 14.7.